The highest BCUT2D eigenvalue weighted by molar-refractivity contribution is 5.25. The molecule has 0 radical (unpaired) electrons. The third-order valence-corrected chi connectivity index (χ3v) is 3.21. The summed E-state index contributed by atoms with van der Waals surface area (Å²) in [7, 11) is 1.73. The Labute approximate surface area is 102 Å². The first-order chi connectivity index (χ1) is 8.24. The van der Waals surface area contributed by atoms with Gasteiger partial charge in [0.05, 0.1) is 6.61 Å². The van der Waals surface area contributed by atoms with Crippen LogP contribution in [0.5, 0.6) is 5.75 Å². The second-order valence-corrected chi connectivity index (χ2v) is 4.46. The van der Waals surface area contributed by atoms with Crippen LogP contribution < -0.4 is 5.32 Å². The van der Waals surface area contributed by atoms with Gasteiger partial charge in [0.1, 0.15) is 11.4 Å². The summed E-state index contributed by atoms with van der Waals surface area (Å²) in [4.78, 5) is 0. The van der Waals surface area contributed by atoms with Gasteiger partial charge in [0.2, 0.25) is 0 Å². The molecule has 0 aliphatic carbocycles. The molecule has 1 aliphatic heterocycles. The van der Waals surface area contributed by atoms with Crippen LogP contribution in [0.1, 0.15) is 12.0 Å². The number of methoxy groups -OCH3 is 1. The van der Waals surface area contributed by atoms with E-state index < -0.39 is 0 Å². The first kappa shape index (κ1) is 12.4. The van der Waals surface area contributed by atoms with Gasteiger partial charge in [-0.1, -0.05) is 12.1 Å². The molecule has 4 nitrogen and oxygen atoms in total. The number of phenolic OH excluding ortho intramolecular Hbond substituents is 1. The van der Waals surface area contributed by atoms with Crippen LogP contribution in [-0.4, -0.2) is 37.6 Å². The summed E-state index contributed by atoms with van der Waals surface area (Å²) in [5.74, 6) is 0.298. The third kappa shape index (κ3) is 3.19. The Bertz CT molecular complexity index is 344. The van der Waals surface area contributed by atoms with Crippen LogP contribution in [0, 0.1) is 0 Å². The van der Waals surface area contributed by atoms with Gasteiger partial charge >= 0.3 is 0 Å². The minimum absolute atomic E-state index is 0.170. The van der Waals surface area contributed by atoms with E-state index in [1.807, 2.05) is 12.1 Å². The number of phenols is 1. The second kappa shape index (κ2) is 5.49. The predicted octanol–water partition coefficient (Wildman–Crippen LogP) is 1.29. The van der Waals surface area contributed by atoms with Gasteiger partial charge < -0.3 is 19.9 Å². The molecule has 94 valence electrons. The van der Waals surface area contributed by atoms with Crippen molar-refractivity contribution < 1.29 is 14.6 Å². The number of benzene rings is 1. The minimum Gasteiger partial charge on any atom is -0.508 e. The highest BCUT2D eigenvalue weighted by atomic mass is 16.5. The average molecular weight is 237 g/mol. The SMILES string of the molecule is COC1(CNCc2ccc(O)cc2)CCOC1. The molecule has 0 spiro atoms. The van der Waals surface area contributed by atoms with Crippen LogP contribution >= 0.6 is 0 Å². The van der Waals surface area contributed by atoms with E-state index in [0.29, 0.717) is 12.4 Å². The molecular formula is C13H19NO3. The van der Waals surface area contributed by atoms with Gasteiger partial charge in [-0.3, -0.25) is 0 Å². The van der Waals surface area contributed by atoms with Crippen molar-refractivity contribution in [2.24, 2.45) is 0 Å². The van der Waals surface area contributed by atoms with Crippen LogP contribution in [0.15, 0.2) is 24.3 Å². The maximum atomic E-state index is 9.18. The molecule has 0 bridgehead atoms. The van der Waals surface area contributed by atoms with Crippen LogP contribution in [0.25, 0.3) is 0 Å². The van der Waals surface area contributed by atoms with E-state index in [2.05, 4.69) is 5.32 Å². The quantitative estimate of drug-likeness (QED) is 0.810. The molecule has 1 heterocycles. The summed E-state index contributed by atoms with van der Waals surface area (Å²) in [6, 6.07) is 7.21. The molecule has 2 N–H and O–H groups in total. The molecule has 0 amide bonds. The van der Waals surface area contributed by atoms with Crippen molar-refractivity contribution in [1.82, 2.24) is 5.32 Å². The highest BCUT2D eigenvalue weighted by Gasteiger charge is 2.34. The van der Waals surface area contributed by atoms with Gasteiger partial charge in [0.25, 0.3) is 0 Å². The number of hydrogen-bond donors (Lipinski definition) is 2. The zero-order chi connectivity index (χ0) is 12.1. The van der Waals surface area contributed by atoms with Crippen LogP contribution in [-0.2, 0) is 16.0 Å². The van der Waals surface area contributed by atoms with Crippen molar-refractivity contribution in [3.8, 4) is 5.75 Å². The largest absolute Gasteiger partial charge is 0.508 e. The topological polar surface area (TPSA) is 50.7 Å². The van der Waals surface area contributed by atoms with Gasteiger partial charge in [0, 0.05) is 33.2 Å². The number of rotatable bonds is 5. The normalized spacial score (nSPS) is 24.1. The number of ether oxygens (including phenoxy) is 2. The fourth-order valence-corrected chi connectivity index (χ4v) is 2.01. The second-order valence-electron chi connectivity index (χ2n) is 4.46. The van der Waals surface area contributed by atoms with Crippen molar-refractivity contribution in [3.05, 3.63) is 29.8 Å². The van der Waals surface area contributed by atoms with E-state index in [1.165, 1.54) is 0 Å². The first-order valence-electron chi connectivity index (χ1n) is 5.86. The Hall–Kier alpha value is -1.10. The summed E-state index contributed by atoms with van der Waals surface area (Å²) in [5, 5.41) is 12.5. The highest BCUT2D eigenvalue weighted by Crippen LogP contribution is 2.21. The predicted molar refractivity (Wildman–Crippen MR) is 65.0 cm³/mol. The van der Waals surface area contributed by atoms with E-state index in [-0.39, 0.29) is 5.60 Å². The van der Waals surface area contributed by atoms with E-state index in [0.717, 1.165) is 31.7 Å². The summed E-state index contributed by atoms with van der Waals surface area (Å²) >= 11 is 0. The fraction of sp³-hybridized carbons (Fsp3) is 0.538. The Balaban J connectivity index is 1.80. The standard InChI is InChI=1S/C13H19NO3/c1-16-13(6-7-17-10-13)9-14-8-11-2-4-12(15)5-3-11/h2-5,14-15H,6-10H2,1H3. The molecule has 2 rings (SSSR count). The summed E-state index contributed by atoms with van der Waals surface area (Å²) < 4.78 is 10.9. The molecule has 4 heteroatoms. The average Bonchev–Trinajstić information content (AvgIpc) is 2.81. The Morgan fingerprint density at radius 3 is 2.76 bits per heavy atom. The number of hydrogen-bond acceptors (Lipinski definition) is 4. The summed E-state index contributed by atoms with van der Waals surface area (Å²) in [6.45, 7) is 2.98. The first-order valence-corrected chi connectivity index (χ1v) is 5.86. The van der Waals surface area contributed by atoms with E-state index in [1.54, 1.807) is 19.2 Å². The zero-order valence-electron chi connectivity index (χ0n) is 10.1. The Kier molecular flexibility index (Phi) is 3.99. The van der Waals surface area contributed by atoms with Crippen molar-refractivity contribution in [3.63, 3.8) is 0 Å². The van der Waals surface area contributed by atoms with Gasteiger partial charge in [-0.05, 0) is 17.7 Å². The molecule has 1 unspecified atom stereocenters. The van der Waals surface area contributed by atoms with E-state index in [4.69, 9.17) is 9.47 Å². The molecule has 1 aromatic rings. The maximum Gasteiger partial charge on any atom is 0.115 e. The van der Waals surface area contributed by atoms with Crippen molar-refractivity contribution >= 4 is 0 Å². The molecule has 1 aromatic carbocycles. The van der Waals surface area contributed by atoms with E-state index in [9.17, 15) is 5.11 Å². The lowest BCUT2D eigenvalue weighted by Crippen LogP contribution is -2.42. The van der Waals surface area contributed by atoms with Crippen LogP contribution in [0.4, 0.5) is 0 Å². The van der Waals surface area contributed by atoms with Crippen LogP contribution in [0.2, 0.25) is 0 Å². The van der Waals surface area contributed by atoms with Gasteiger partial charge in [-0.2, -0.15) is 0 Å². The molecule has 1 aliphatic rings. The smallest absolute Gasteiger partial charge is 0.115 e. The molecule has 0 saturated carbocycles. The molecule has 17 heavy (non-hydrogen) atoms. The fourth-order valence-electron chi connectivity index (χ4n) is 2.01. The lowest BCUT2D eigenvalue weighted by molar-refractivity contribution is -0.0159. The van der Waals surface area contributed by atoms with Crippen LogP contribution in [0.3, 0.4) is 0 Å². The minimum atomic E-state index is -0.170. The molecular weight excluding hydrogens is 218 g/mol. The van der Waals surface area contributed by atoms with Gasteiger partial charge in [-0.15, -0.1) is 0 Å². The Morgan fingerprint density at radius 1 is 1.41 bits per heavy atom. The molecule has 1 saturated heterocycles. The summed E-state index contributed by atoms with van der Waals surface area (Å²) in [6.07, 6.45) is 0.937. The Morgan fingerprint density at radius 2 is 2.18 bits per heavy atom. The van der Waals surface area contributed by atoms with E-state index >= 15 is 0 Å². The number of aromatic hydroxyl groups is 1. The van der Waals surface area contributed by atoms with Crippen molar-refractivity contribution in [2.75, 3.05) is 26.9 Å². The van der Waals surface area contributed by atoms with Gasteiger partial charge in [-0.25, -0.2) is 0 Å². The van der Waals surface area contributed by atoms with Gasteiger partial charge in [0.15, 0.2) is 0 Å². The third-order valence-electron chi connectivity index (χ3n) is 3.21. The van der Waals surface area contributed by atoms with Crippen molar-refractivity contribution in [2.45, 2.75) is 18.6 Å². The number of nitrogens with one attached hydrogen (secondary N) is 1. The summed E-state index contributed by atoms with van der Waals surface area (Å²) in [5.41, 5.74) is 0.977. The monoisotopic (exact) mass is 237 g/mol. The molecule has 1 fully saturated rings. The molecule has 1 atom stereocenters. The van der Waals surface area contributed by atoms with Crippen molar-refractivity contribution in [1.29, 1.82) is 0 Å². The zero-order valence-corrected chi connectivity index (χ0v) is 10.1. The lowest BCUT2D eigenvalue weighted by Gasteiger charge is -2.26. The maximum absolute atomic E-state index is 9.18. The lowest BCUT2D eigenvalue weighted by atomic mass is 10.0. The molecule has 0 aromatic heterocycles.